The third-order valence-corrected chi connectivity index (χ3v) is 1.42. The summed E-state index contributed by atoms with van der Waals surface area (Å²) in [6.45, 7) is 0. The van der Waals surface area contributed by atoms with Crippen molar-refractivity contribution in [3.8, 4) is 0 Å². The van der Waals surface area contributed by atoms with E-state index in [0.717, 1.165) is 0 Å². The first-order valence-corrected chi connectivity index (χ1v) is 3.23. The minimum atomic E-state index is -0.475. The van der Waals surface area contributed by atoms with Crippen LogP contribution in [0, 0.1) is 0 Å². The zero-order valence-electron chi connectivity index (χ0n) is 6.16. The predicted molar refractivity (Wildman–Crippen MR) is 38.9 cm³/mol. The zero-order valence-corrected chi connectivity index (χ0v) is 6.16. The molecule has 0 aromatic rings. The predicted octanol–water partition coefficient (Wildman–Crippen LogP) is 0.615. The Kier molecular flexibility index (Phi) is 2.21. The summed E-state index contributed by atoms with van der Waals surface area (Å²) in [5.74, 6) is -0.576. The first-order valence-electron chi connectivity index (χ1n) is 3.23. The number of hydrogen-bond donors (Lipinski definition) is 0. The van der Waals surface area contributed by atoms with Gasteiger partial charge in [-0.2, -0.15) is 0 Å². The van der Waals surface area contributed by atoms with Crippen molar-refractivity contribution in [2.75, 3.05) is 7.11 Å². The molecule has 0 aliphatic heterocycles. The number of carbonyl (C=O) groups is 2. The molecule has 0 amide bonds. The maximum Gasteiger partial charge on any atom is 0.330 e. The molecule has 0 spiro atoms. The molecule has 3 nitrogen and oxygen atoms in total. The Labute approximate surface area is 64.3 Å². The summed E-state index contributed by atoms with van der Waals surface area (Å²) in [5, 5.41) is 0. The lowest BCUT2D eigenvalue weighted by Gasteiger charge is -1.92. The van der Waals surface area contributed by atoms with Crippen LogP contribution in [0.3, 0.4) is 0 Å². The lowest BCUT2D eigenvalue weighted by atomic mass is 10.2. The number of ether oxygens (including phenoxy) is 1. The van der Waals surface area contributed by atoms with Crippen LogP contribution < -0.4 is 0 Å². The zero-order chi connectivity index (χ0) is 8.27. The molecule has 0 bridgehead atoms. The summed E-state index contributed by atoms with van der Waals surface area (Å²) in [6.07, 6.45) is 4.93. The van der Waals surface area contributed by atoms with Crippen molar-refractivity contribution < 1.29 is 14.3 Å². The van der Waals surface area contributed by atoms with Crippen LogP contribution in [0.4, 0.5) is 0 Å². The van der Waals surface area contributed by atoms with Gasteiger partial charge in [0, 0.05) is 11.6 Å². The molecular formula is C8H8O3. The lowest BCUT2D eigenvalue weighted by molar-refractivity contribution is -0.135. The molecule has 0 atom stereocenters. The standard InChI is InChI=1S/C8H8O3/c1-11-8(10)5-6-3-2-4-7(6)9/h2,4-5H,3H2,1H3/b6-5-. The number of carbonyl (C=O) groups excluding carboxylic acids is 2. The van der Waals surface area contributed by atoms with E-state index in [-0.39, 0.29) is 5.78 Å². The van der Waals surface area contributed by atoms with Crippen molar-refractivity contribution in [1.29, 1.82) is 0 Å². The highest BCUT2D eigenvalue weighted by molar-refractivity contribution is 6.09. The van der Waals surface area contributed by atoms with E-state index in [9.17, 15) is 9.59 Å². The largest absolute Gasteiger partial charge is 0.466 e. The fourth-order valence-corrected chi connectivity index (χ4v) is 0.832. The molecule has 0 unspecified atom stereocenters. The van der Waals surface area contributed by atoms with Gasteiger partial charge in [0.05, 0.1) is 7.11 Å². The smallest absolute Gasteiger partial charge is 0.330 e. The van der Waals surface area contributed by atoms with Gasteiger partial charge < -0.3 is 4.74 Å². The average molecular weight is 152 g/mol. The Morgan fingerprint density at radius 2 is 2.45 bits per heavy atom. The molecule has 0 N–H and O–H groups in total. The van der Waals surface area contributed by atoms with Gasteiger partial charge in [0.25, 0.3) is 0 Å². The van der Waals surface area contributed by atoms with Crippen molar-refractivity contribution in [2.45, 2.75) is 6.42 Å². The second-order valence-corrected chi connectivity index (χ2v) is 2.16. The first-order chi connectivity index (χ1) is 5.24. The van der Waals surface area contributed by atoms with Crippen molar-refractivity contribution in [3.63, 3.8) is 0 Å². The molecular weight excluding hydrogens is 144 g/mol. The van der Waals surface area contributed by atoms with Crippen LogP contribution in [-0.4, -0.2) is 18.9 Å². The van der Waals surface area contributed by atoms with Crippen molar-refractivity contribution in [1.82, 2.24) is 0 Å². The Morgan fingerprint density at radius 3 is 2.91 bits per heavy atom. The van der Waals surface area contributed by atoms with Gasteiger partial charge in [-0.05, 0) is 12.5 Å². The molecule has 1 aliphatic rings. The van der Waals surface area contributed by atoms with E-state index in [1.807, 2.05) is 0 Å². The van der Waals surface area contributed by atoms with Crippen LogP contribution >= 0.6 is 0 Å². The normalized spacial score (nSPS) is 19.4. The lowest BCUT2D eigenvalue weighted by Crippen LogP contribution is -2.00. The monoisotopic (exact) mass is 152 g/mol. The molecule has 0 aromatic carbocycles. The van der Waals surface area contributed by atoms with Gasteiger partial charge in [0.1, 0.15) is 0 Å². The van der Waals surface area contributed by atoms with Crippen LogP contribution in [0.1, 0.15) is 6.42 Å². The van der Waals surface area contributed by atoms with Crippen molar-refractivity contribution in [3.05, 3.63) is 23.8 Å². The van der Waals surface area contributed by atoms with Gasteiger partial charge in [-0.25, -0.2) is 4.79 Å². The summed E-state index contributed by atoms with van der Waals surface area (Å²) in [6, 6.07) is 0. The molecule has 0 radical (unpaired) electrons. The maximum atomic E-state index is 10.9. The van der Waals surface area contributed by atoms with Gasteiger partial charge in [-0.15, -0.1) is 0 Å². The molecule has 1 rings (SSSR count). The molecule has 0 fully saturated rings. The van der Waals surface area contributed by atoms with Gasteiger partial charge in [0.15, 0.2) is 5.78 Å². The van der Waals surface area contributed by atoms with Gasteiger partial charge in [0.2, 0.25) is 0 Å². The van der Waals surface area contributed by atoms with Crippen LogP contribution in [0.5, 0.6) is 0 Å². The molecule has 0 aromatic heterocycles. The van der Waals surface area contributed by atoms with Crippen LogP contribution in [0.2, 0.25) is 0 Å². The fourth-order valence-electron chi connectivity index (χ4n) is 0.832. The van der Waals surface area contributed by atoms with Gasteiger partial charge in [-0.1, -0.05) is 6.08 Å². The highest BCUT2D eigenvalue weighted by Crippen LogP contribution is 2.12. The topological polar surface area (TPSA) is 43.4 Å². The van der Waals surface area contributed by atoms with E-state index < -0.39 is 5.97 Å². The van der Waals surface area contributed by atoms with Crippen LogP contribution in [0.15, 0.2) is 23.8 Å². The number of allylic oxidation sites excluding steroid dienone is 3. The highest BCUT2D eigenvalue weighted by Gasteiger charge is 2.11. The van der Waals surface area contributed by atoms with E-state index in [1.165, 1.54) is 19.3 Å². The average Bonchev–Trinajstić information content (AvgIpc) is 2.37. The molecule has 1 aliphatic carbocycles. The van der Waals surface area contributed by atoms with Gasteiger partial charge in [-0.3, -0.25) is 4.79 Å². The number of hydrogen-bond acceptors (Lipinski definition) is 3. The summed E-state index contributed by atoms with van der Waals surface area (Å²) < 4.78 is 4.37. The Balaban J connectivity index is 2.69. The second kappa shape index (κ2) is 3.14. The quantitative estimate of drug-likeness (QED) is 0.408. The van der Waals surface area contributed by atoms with E-state index in [0.29, 0.717) is 12.0 Å². The van der Waals surface area contributed by atoms with E-state index in [4.69, 9.17) is 0 Å². The number of rotatable bonds is 1. The number of ketones is 1. The molecule has 58 valence electrons. The molecule has 0 heterocycles. The Bertz CT molecular complexity index is 248. The molecule has 11 heavy (non-hydrogen) atoms. The number of methoxy groups -OCH3 is 1. The Morgan fingerprint density at radius 1 is 1.73 bits per heavy atom. The fraction of sp³-hybridized carbons (Fsp3) is 0.250. The highest BCUT2D eigenvalue weighted by atomic mass is 16.5. The second-order valence-electron chi connectivity index (χ2n) is 2.16. The molecule has 3 heteroatoms. The molecule has 0 saturated carbocycles. The van der Waals surface area contributed by atoms with Crippen molar-refractivity contribution >= 4 is 11.8 Å². The van der Waals surface area contributed by atoms with E-state index >= 15 is 0 Å². The van der Waals surface area contributed by atoms with E-state index in [1.54, 1.807) is 6.08 Å². The van der Waals surface area contributed by atoms with Crippen LogP contribution in [0.25, 0.3) is 0 Å². The third-order valence-electron chi connectivity index (χ3n) is 1.42. The summed E-state index contributed by atoms with van der Waals surface area (Å²) in [7, 11) is 1.28. The summed E-state index contributed by atoms with van der Waals surface area (Å²) in [4.78, 5) is 21.5. The minimum absolute atomic E-state index is 0.101. The summed E-state index contributed by atoms with van der Waals surface area (Å²) >= 11 is 0. The SMILES string of the molecule is COC(=O)/C=C1/CC=CC1=O. The van der Waals surface area contributed by atoms with Crippen molar-refractivity contribution in [2.24, 2.45) is 0 Å². The third kappa shape index (κ3) is 1.77. The first kappa shape index (κ1) is 7.72. The van der Waals surface area contributed by atoms with E-state index in [2.05, 4.69) is 4.74 Å². The maximum absolute atomic E-state index is 10.9. The Hall–Kier alpha value is -1.38. The summed E-state index contributed by atoms with van der Waals surface area (Å²) in [5.41, 5.74) is 0.497. The van der Waals surface area contributed by atoms with Gasteiger partial charge >= 0.3 is 5.97 Å². The minimum Gasteiger partial charge on any atom is -0.466 e. The number of esters is 1. The molecule has 0 saturated heterocycles. The van der Waals surface area contributed by atoms with Crippen LogP contribution in [-0.2, 0) is 14.3 Å².